The number of nitriles is 1. The number of amides is 2. The fourth-order valence-electron chi connectivity index (χ4n) is 1.87. The number of aryl methyl sites for hydroxylation is 1. The smallest absolute Gasteiger partial charge is 0.267 e. The fourth-order valence-corrected chi connectivity index (χ4v) is 1.87. The van der Waals surface area contributed by atoms with E-state index in [0.717, 1.165) is 5.56 Å². The predicted molar refractivity (Wildman–Crippen MR) is 92.1 cm³/mol. The molecule has 120 valence electrons. The lowest BCUT2D eigenvalue weighted by molar-refractivity contribution is -0.112. The summed E-state index contributed by atoms with van der Waals surface area (Å²) in [4.78, 5) is 23.1. The van der Waals surface area contributed by atoms with Gasteiger partial charge in [0.2, 0.25) is 5.91 Å². The first-order chi connectivity index (χ1) is 11.5. The van der Waals surface area contributed by atoms with Crippen LogP contribution in [-0.2, 0) is 4.79 Å². The third-order valence-electron chi connectivity index (χ3n) is 3.23. The van der Waals surface area contributed by atoms with Crippen LogP contribution >= 0.6 is 0 Å². The maximum absolute atomic E-state index is 12.1. The van der Waals surface area contributed by atoms with Gasteiger partial charge in [-0.05, 0) is 43.3 Å². The SMILES string of the molecule is Cc1ccc(NC(=O)/C(C#N)=C\Nc2ccc(C(N)=O)cc2)cc1. The lowest BCUT2D eigenvalue weighted by Gasteiger charge is -2.06. The molecule has 0 aliphatic carbocycles. The quantitative estimate of drug-likeness (QED) is 0.581. The molecule has 24 heavy (non-hydrogen) atoms. The molecule has 2 aromatic rings. The average molecular weight is 320 g/mol. The molecule has 0 fully saturated rings. The molecule has 0 unspecified atom stereocenters. The van der Waals surface area contributed by atoms with Gasteiger partial charge < -0.3 is 16.4 Å². The van der Waals surface area contributed by atoms with Crippen molar-refractivity contribution in [1.82, 2.24) is 0 Å². The van der Waals surface area contributed by atoms with Gasteiger partial charge in [0.05, 0.1) is 0 Å². The number of anilines is 2. The number of hydrogen-bond donors (Lipinski definition) is 3. The highest BCUT2D eigenvalue weighted by molar-refractivity contribution is 6.06. The van der Waals surface area contributed by atoms with E-state index in [4.69, 9.17) is 11.0 Å². The number of hydrogen-bond acceptors (Lipinski definition) is 4. The zero-order chi connectivity index (χ0) is 17.5. The first-order valence-electron chi connectivity index (χ1n) is 7.14. The largest absolute Gasteiger partial charge is 0.366 e. The van der Waals surface area contributed by atoms with Crippen LogP contribution in [0, 0.1) is 18.3 Å². The summed E-state index contributed by atoms with van der Waals surface area (Å²) in [6, 6.07) is 15.5. The number of primary amides is 1. The molecule has 0 radical (unpaired) electrons. The Hall–Kier alpha value is -3.59. The fraction of sp³-hybridized carbons (Fsp3) is 0.0556. The van der Waals surface area contributed by atoms with Crippen LogP contribution in [0.1, 0.15) is 15.9 Å². The predicted octanol–water partition coefficient (Wildman–Crippen LogP) is 2.55. The molecule has 2 aromatic carbocycles. The van der Waals surface area contributed by atoms with Gasteiger partial charge in [0.1, 0.15) is 11.6 Å². The third-order valence-corrected chi connectivity index (χ3v) is 3.23. The molecule has 0 aromatic heterocycles. The highest BCUT2D eigenvalue weighted by atomic mass is 16.2. The van der Waals surface area contributed by atoms with Crippen molar-refractivity contribution in [3.63, 3.8) is 0 Å². The maximum atomic E-state index is 12.1. The number of benzene rings is 2. The third kappa shape index (κ3) is 4.45. The Morgan fingerprint density at radius 1 is 1.04 bits per heavy atom. The number of rotatable bonds is 5. The van der Waals surface area contributed by atoms with Gasteiger partial charge in [0, 0.05) is 23.1 Å². The Balaban J connectivity index is 2.05. The summed E-state index contributed by atoms with van der Waals surface area (Å²) in [6.07, 6.45) is 1.31. The molecule has 0 saturated carbocycles. The summed E-state index contributed by atoms with van der Waals surface area (Å²) in [5.41, 5.74) is 7.77. The first kappa shape index (κ1) is 16.8. The second kappa shape index (κ2) is 7.61. The lowest BCUT2D eigenvalue weighted by Crippen LogP contribution is -2.14. The van der Waals surface area contributed by atoms with Crippen molar-refractivity contribution >= 4 is 23.2 Å². The summed E-state index contributed by atoms with van der Waals surface area (Å²) in [6.45, 7) is 1.94. The average Bonchev–Trinajstić information content (AvgIpc) is 2.58. The van der Waals surface area contributed by atoms with Crippen LogP contribution in [0.4, 0.5) is 11.4 Å². The lowest BCUT2D eigenvalue weighted by atomic mass is 10.2. The van der Waals surface area contributed by atoms with Crippen molar-refractivity contribution in [3.05, 3.63) is 71.4 Å². The molecule has 2 rings (SSSR count). The maximum Gasteiger partial charge on any atom is 0.267 e. The van der Waals surface area contributed by atoms with Gasteiger partial charge in [-0.15, -0.1) is 0 Å². The van der Waals surface area contributed by atoms with Crippen molar-refractivity contribution in [3.8, 4) is 6.07 Å². The van der Waals surface area contributed by atoms with Crippen molar-refractivity contribution in [1.29, 1.82) is 5.26 Å². The second-order valence-electron chi connectivity index (χ2n) is 5.08. The second-order valence-corrected chi connectivity index (χ2v) is 5.08. The van der Waals surface area contributed by atoms with Gasteiger partial charge in [0.15, 0.2) is 0 Å². The molecule has 0 aliphatic heterocycles. The van der Waals surface area contributed by atoms with Crippen LogP contribution in [0.3, 0.4) is 0 Å². The van der Waals surface area contributed by atoms with Crippen molar-refractivity contribution in [2.45, 2.75) is 6.92 Å². The minimum Gasteiger partial charge on any atom is -0.366 e. The van der Waals surface area contributed by atoms with Gasteiger partial charge >= 0.3 is 0 Å². The van der Waals surface area contributed by atoms with E-state index in [1.54, 1.807) is 36.4 Å². The number of carbonyl (C=O) groups excluding carboxylic acids is 2. The molecule has 0 heterocycles. The van der Waals surface area contributed by atoms with E-state index in [9.17, 15) is 9.59 Å². The van der Waals surface area contributed by atoms with Crippen molar-refractivity contribution in [2.75, 3.05) is 10.6 Å². The van der Waals surface area contributed by atoms with Gasteiger partial charge in [-0.2, -0.15) is 5.26 Å². The highest BCUT2D eigenvalue weighted by Crippen LogP contribution is 2.12. The van der Waals surface area contributed by atoms with Crippen molar-refractivity contribution in [2.24, 2.45) is 5.73 Å². The van der Waals surface area contributed by atoms with Gasteiger partial charge in [-0.25, -0.2) is 0 Å². The van der Waals surface area contributed by atoms with Crippen LogP contribution in [0.15, 0.2) is 60.3 Å². The Bertz CT molecular complexity index is 816. The van der Waals surface area contributed by atoms with Crippen LogP contribution in [0.2, 0.25) is 0 Å². The van der Waals surface area contributed by atoms with Crippen LogP contribution in [0.25, 0.3) is 0 Å². The number of nitrogens with zero attached hydrogens (tertiary/aromatic N) is 1. The van der Waals surface area contributed by atoms with E-state index in [1.807, 2.05) is 25.1 Å². The summed E-state index contributed by atoms with van der Waals surface area (Å²) in [5, 5.41) is 14.6. The number of nitrogens with one attached hydrogen (secondary N) is 2. The molecular weight excluding hydrogens is 304 g/mol. The number of carbonyl (C=O) groups is 2. The van der Waals surface area contributed by atoms with E-state index in [1.165, 1.54) is 6.20 Å². The Labute approximate surface area is 139 Å². The Kier molecular flexibility index (Phi) is 5.32. The summed E-state index contributed by atoms with van der Waals surface area (Å²) in [5.74, 6) is -1.03. The van der Waals surface area contributed by atoms with Gasteiger partial charge in [-0.3, -0.25) is 9.59 Å². The normalized spacial score (nSPS) is 10.6. The standard InChI is InChI=1S/C18H16N4O2/c1-12-2-6-16(7-3-12)22-18(24)14(10-19)11-21-15-8-4-13(5-9-15)17(20)23/h2-9,11,21H,1H3,(H2,20,23)(H,22,24)/b14-11-. The summed E-state index contributed by atoms with van der Waals surface area (Å²) < 4.78 is 0. The van der Waals surface area contributed by atoms with Gasteiger partial charge in [0.25, 0.3) is 5.91 Å². The van der Waals surface area contributed by atoms with E-state index in [2.05, 4.69) is 10.6 Å². The summed E-state index contributed by atoms with van der Waals surface area (Å²) in [7, 11) is 0. The van der Waals surface area contributed by atoms with E-state index in [-0.39, 0.29) is 5.57 Å². The minimum atomic E-state index is -0.521. The van der Waals surface area contributed by atoms with Crippen LogP contribution in [-0.4, -0.2) is 11.8 Å². The van der Waals surface area contributed by atoms with Crippen LogP contribution < -0.4 is 16.4 Å². The number of nitrogens with two attached hydrogens (primary N) is 1. The summed E-state index contributed by atoms with van der Waals surface area (Å²) >= 11 is 0. The zero-order valence-corrected chi connectivity index (χ0v) is 13.0. The molecule has 4 N–H and O–H groups in total. The molecule has 0 bridgehead atoms. The minimum absolute atomic E-state index is 0.0745. The molecule has 6 nitrogen and oxygen atoms in total. The van der Waals surface area contributed by atoms with Gasteiger partial charge in [-0.1, -0.05) is 17.7 Å². The molecule has 0 aliphatic rings. The molecule has 6 heteroatoms. The molecule has 0 atom stereocenters. The highest BCUT2D eigenvalue weighted by Gasteiger charge is 2.09. The molecular formula is C18H16N4O2. The first-order valence-corrected chi connectivity index (χ1v) is 7.14. The Morgan fingerprint density at radius 2 is 1.62 bits per heavy atom. The molecule has 0 spiro atoms. The molecule has 0 saturated heterocycles. The van der Waals surface area contributed by atoms with E-state index in [0.29, 0.717) is 16.9 Å². The Morgan fingerprint density at radius 3 is 2.17 bits per heavy atom. The van der Waals surface area contributed by atoms with Crippen LogP contribution in [0.5, 0.6) is 0 Å². The topological polar surface area (TPSA) is 108 Å². The molecule has 2 amide bonds. The monoisotopic (exact) mass is 320 g/mol. The zero-order valence-electron chi connectivity index (χ0n) is 13.0. The van der Waals surface area contributed by atoms with E-state index >= 15 is 0 Å². The van der Waals surface area contributed by atoms with E-state index < -0.39 is 11.8 Å². The van der Waals surface area contributed by atoms with Crippen molar-refractivity contribution < 1.29 is 9.59 Å².